The van der Waals surface area contributed by atoms with Gasteiger partial charge in [-0.1, -0.05) is 58.0 Å². The lowest BCUT2D eigenvalue weighted by Crippen LogP contribution is -2.63. The van der Waals surface area contributed by atoms with Gasteiger partial charge in [0.05, 0.1) is 35.7 Å². The molecule has 9 rings (SSSR count). The number of benzene rings is 2. The molecule has 2 aromatic carbocycles. The quantitative estimate of drug-likeness (QED) is 0.139. The zero-order valence-electron chi connectivity index (χ0n) is 38.7. The van der Waals surface area contributed by atoms with E-state index in [0.717, 1.165) is 55.6 Å². The van der Waals surface area contributed by atoms with Gasteiger partial charge in [0.15, 0.2) is 0 Å². The van der Waals surface area contributed by atoms with E-state index < -0.39 is 35.5 Å². The number of pyridine rings is 2. The number of nitrogens with one attached hydrogen (secondary N) is 2. The molecule has 6 bridgehead atoms. The second-order valence-electron chi connectivity index (χ2n) is 18.9. The molecule has 0 radical (unpaired) electrons. The molecule has 9 atom stereocenters. The van der Waals surface area contributed by atoms with Crippen LogP contribution in [0.2, 0.25) is 0 Å². The molecule has 3 aromatic heterocycles. The molecule has 6 heterocycles. The second-order valence-corrected chi connectivity index (χ2v) is 20.3. The van der Waals surface area contributed by atoms with Gasteiger partial charge in [-0.15, -0.1) is 11.8 Å². The molecule has 2 amide bonds. The van der Waals surface area contributed by atoms with Crippen LogP contribution in [0, 0.1) is 17.3 Å². The van der Waals surface area contributed by atoms with Crippen molar-refractivity contribution in [3.8, 4) is 11.3 Å². The molecular formula is C51H61N7O6S. The van der Waals surface area contributed by atoms with Crippen molar-refractivity contribution in [3.05, 3.63) is 95.4 Å². The van der Waals surface area contributed by atoms with Gasteiger partial charge in [0.2, 0.25) is 5.91 Å². The van der Waals surface area contributed by atoms with Crippen LogP contribution in [0.1, 0.15) is 102 Å². The van der Waals surface area contributed by atoms with Crippen LogP contribution in [0.15, 0.2) is 77.9 Å². The minimum atomic E-state index is -1.13. The predicted octanol–water partition coefficient (Wildman–Crippen LogP) is 8.11. The van der Waals surface area contributed by atoms with Crippen LogP contribution < -0.4 is 10.7 Å². The summed E-state index contributed by atoms with van der Waals surface area (Å²) < 4.78 is 20.9. The number of hydrogen-bond donors (Lipinski definition) is 2. The number of aromatic nitrogens is 3. The van der Waals surface area contributed by atoms with Crippen molar-refractivity contribution in [2.24, 2.45) is 22.2 Å². The Labute approximate surface area is 385 Å². The number of amides is 2. The number of methoxy groups -OCH3 is 1. The van der Waals surface area contributed by atoms with Gasteiger partial charge in [-0.2, -0.15) is 0 Å². The van der Waals surface area contributed by atoms with Crippen LogP contribution in [-0.2, 0) is 41.6 Å². The summed E-state index contributed by atoms with van der Waals surface area (Å²) in [4.78, 5) is 58.7. The molecule has 13 nitrogen and oxygen atoms in total. The van der Waals surface area contributed by atoms with E-state index in [4.69, 9.17) is 29.2 Å². The Morgan fingerprint density at radius 1 is 1.08 bits per heavy atom. The monoisotopic (exact) mass is 899 g/mol. The molecule has 1 aliphatic carbocycles. The summed E-state index contributed by atoms with van der Waals surface area (Å²) in [5.74, 6) is -1.53. The van der Waals surface area contributed by atoms with Crippen molar-refractivity contribution >= 4 is 56.4 Å². The minimum absolute atomic E-state index is 0.00521. The highest BCUT2D eigenvalue weighted by Gasteiger charge is 2.55. The Morgan fingerprint density at radius 3 is 2.68 bits per heavy atom. The summed E-state index contributed by atoms with van der Waals surface area (Å²) in [5.41, 5.74) is 10.7. The number of aryl methyl sites for hydroxylation is 1. The highest BCUT2D eigenvalue weighted by molar-refractivity contribution is 8.14. The van der Waals surface area contributed by atoms with Crippen LogP contribution in [0.25, 0.3) is 33.1 Å². The maximum Gasteiger partial charge on any atom is 0.324 e. The Bertz CT molecular complexity index is 2660. The van der Waals surface area contributed by atoms with Gasteiger partial charge in [0, 0.05) is 83.1 Å². The van der Waals surface area contributed by atoms with E-state index in [1.807, 2.05) is 62.5 Å². The van der Waals surface area contributed by atoms with E-state index in [9.17, 15) is 14.4 Å². The molecule has 14 heteroatoms. The van der Waals surface area contributed by atoms with Gasteiger partial charge in [-0.05, 0) is 93.5 Å². The topological polar surface area (TPSA) is 149 Å². The number of fused-ring (bicyclic) bond motifs is 6. The van der Waals surface area contributed by atoms with E-state index in [1.54, 1.807) is 18.9 Å². The third kappa shape index (κ3) is 8.58. The fourth-order valence-electron chi connectivity index (χ4n) is 10.3. The number of ether oxygens (including phenoxy) is 3. The molecule has 342 valence electrons. The number of nitrogens with zero attached hydrogens (tertiary/aromatic N) is 5. The van der Waals surface area contributed by atoms with Crippen LogP contribution >= 0.6 is 11.8 Å². The maximum absolute atomic E-state index is 15.0. The van der Waals surface area contributed by atoms with Crippen LogP contribution in [-0.4, -0.2) is 92.7 Å². The zero-order chi connectivity index (χ0) is 45.7. The second kappa shape index (κ2) is 18.3. The van der Waals surface area contributed by atoms with E-state index in [2.05, 4.69) is 74.2 Å². The predicted molar refractivity (Wildman–Crippen MR) is 254 cm³/mol. The number of thioether (sulfide) groups is 1. The van der Waals surface area contributed by atoms with E-state index >= 15 is 0 Å². The molecule has 5 aromatic rings. The van der Waals surface area contributed by atoms with Crippen molar-refractivity contribution in [2.45, 2.75) is 116 Å². The Hall–Kier alpha value is -5.15. The number of aliphatic imine (C=N–C) groups is 1. The lowest BCUT2D eigenvalue weighted by molar-refractivity contribution is -0.156. The molecule has 4 aliphatic rings. The number of hydrogen-bond acceptors (Lipinski definition) is 11. The van der Waals surface area contributed by atoms with Gasteiger partial charge >= 0.3 is 5.97 Å². The first kappa shape index (κ1) is 45.0. The third-order valence-electron chi connectivity index (χ3n) is 13.8. The molecular weight excluding hydrogens is 839 g/mol. The van der Waals surface area contributed by atoms with Gasteiger partial charge < -0.3 is 24.1 Å². The third-order valence-corrected chi connectivity index (χ3v) is 15.0. The van der Waals surface area contributed by atoms with E-state index in [-0.39, 0.29) is 54.3 Å². The first-order chi connectivity index (χ1) is 31.3. The molecule has 65 heavy (non-hydrogen) atoms. The van der Waals surface area contributed by atoms with Crippen molar-refractivity contribution in [2.75, 3.05) is 26.9 Å². The summed E-state index contributed by atoms with van der Waals surface area (Å²) in [5, 5.41) is 7.45. The lowest BCUT2D eigenvalue weighted by Gasteiger charge is -2.37. The summed E-state index contributed by atoms with van der Waals surface area (Å²) in [6.07, 6.45) is 2.36. The highest BCUT2D eigenvalue weighted by atomic mass is 32.2. The molecule has 2 N–H and O–H groups in total. The molecule has 1 saturated carbocycles. The van der Waals surface area contributed by atoms with Gasteiger partial charge in [-0.3, -0.25) is 34.4 Å². The van der Waals surface area contributed by atoms with Crippen LogP contribution in [0.4, 0.5) is 0 Å². The number of cyclic esters (lactones) is 1. The molecule has 2 unspecified atom stereocenters. The number of esters is 1. The normalized spacial score (nSPS) is 27.3. The number of hydrazine groups is 1. The SMILES string of the molecule is CCO[C@@H]1C2=NC(c3ccc4c(c3)c(c(-c3cccnc3[C@H](C)OC)n4CC)CC(C)(C)COC(=O)[C@@H]3CCCN(N3)C(=O)[C@H]1NC(=O)[C@H]1[C@H](C)[C@@H]1c1ccc3ccccc3n1)C(C)S2. The lowest BCUT2D eigenvalue weighted by atomic mass is 9.84. The minimum Gasteiger partial charge on any atom is -0.464 e. The summed E-state index contributed by atoms with van der Waals surface area (Å²) in [6.45, 7) is 16.0. The fraction of sp³-hybridized carbons (Fsp3) is 0.490. The zero-order valence-corrected chi connectivity index (χ0v) is 39.5. The van der Waals surface area contributed by atoms with Crippen molar-refractivity contribution in [1.82, 2.24) is 30.3 Å². The Balaban J connectivity index is 1.14. The molecule has 2 fully saturated rings. The van der Waals surface area contributed by atoms with Crippen molar-refractivity contribution in [3.63, 3.8) is 0 Å². The van der Waals surface area contributed by atoms with Gasteiger partial charge in [0.25, 0.3) is 5.91 Å². The maximum atomic E-state index is 15.0. The smallest absolute Gasteiger partial charge is 0.324 e. The Morgan fingerprint density at radius 2 is 1.89 bits per heavy atom. The number of carbonyl (C=O) groups excluding carboxylic acids is 3. The van der Waals surface area contributed by atoms with Gasteiger partial charge in [0.1, 0.15) is 23.2 Å². The van der Waals surface area contributed by atoms with E-state index in [0.29, 0.717) is 37.4 Å². The number of carbonyl (C=O) groups is 3. The largest absolute Gasteiger partial charge is 0.464 e. The number of rotatable bonds is 9. The Kier molecular flexibility index (Phi) is 12.6. The summed E-state index contributed by atoms with van der Waals surface area (Å²) in [7, 11) is 1.70. The van der Waals surface area contributed by atoms with Crippen LogP contribution in [0.5, 0.6) is 0 Å². The molecule has 3 aliphatic heterocycles. The average Bonchev–Trinajstić information content (AvgIpc) is 3.70. The fourth-order valence-corrected chi connectivity index (χ4v) is 11.5. The van der Waals surface area contributed by atoms with Crippen molar-refractivity contribution < 1.29 is 28.6 Å². The highest BCUT2D eigenvalue weighted by Crippen LogP contribution is 2.53. The van der Waals surface area contributed by atoms with E-state index in [1.165, 1.54) is 5.01 Å². The molecule has 1 saturated heterocycles. The van der Waals surface area contributed by atoms with Gasteiger partial charge in [-0.25, -0.2) is 5.43 Å². The summed E-state index contributed by atoms with van der Waals surface area (Å²) >= 11 is 1.58. The van der Waals surface area contributed by atoms with Crippen LogP contribution in [0.3, 0.4) is 0 Å². The number of para-hydroxylation sites is 1. The average molecular weight is 900 g/mol. The first-order valence-electron chi connectivity index (χ1n) is 23.2. The molecule has 0 spiro atoms. The standard InChI is InChI=1S/C51H61N7O6S/c1-9-57-39-22-20-32-25-34(39)35(45(57)33-16-13-23-52-42(33)29(4)62-8)26-51(6,7)27-64-50(61)38-18-14-24-58(56-38)49(60)44(46(63-10-2)48-55-43(32)30(5)65-48)54-47(59)41-28(3)40(41)37-21-19-31-15-11-12-17-36(31)53-37/h11-13,15-17,19-23,25,28-30,38,40-41,43-44,46,56H,9-10,14,18,24,26-27H2,1-8H3,(H,54,59)/t28-,29+,30?,38+,40-,41+,43?,44+,46+/m1/s1. The van der Waals surface area contributed by atoms with Crippen molar-refractivity contribution in [1.29, 1.82) is 0 Å². The summed E-state index contributed by atoms with van der Waals surface area (Å²) in [6, 6.07) is 20.6. The first-order valence-corrected chi connectivity index (χ1v) is 24.1.